The summed E-state index contributed by atoms with van der Waals surface area (Å²) in [6, 6.07) is 0. The molecule has 3 aliphatic rings. The maximum Gasteiger partial charge on any atom is 0.0809 e. The second-order valence-corrected chi connectivity index (χ2v) is 12.1. The molecule has 0 aromatic carbocycles. The molecule has 30 heavy (non-hydrogen) atoms. The minimum atomic E-state index is -0.597. The molecule has 2 heteroatoms. The van der Waals surface area contributed by atoms with Crippen molar-refractivity contribution >= 4 is 0 Å². The van der Waals surface area contributed by atoms with Crippen LogP contribution in [0.2, 0.25) is 0 Å². The molecule has 0 unspecified atom stereocenters. The first kappa shape index (κ1) is 23.8. The summed E-state index contributed by atoms with van der Waals surface area (Å²) < 4.78 is 0. The van der Waals surface area contributed by atoms with Crippen molar-refractivity contribution in [1.82, 2.24) is 0 Å². The van der Waals surface area contributed by atoms with Gasteiger partial charge in [0.25, 0.3) is 0 Å². The van der Waals surface area contributed by atoms with Crippen LogP contribution in [0, 0.1) is 28.6 Å². The van der Waals surface area contributed by atoms with E-state index in [4.69, 9.17) is 0 Å². The van der Waals surface area contributed by atoms with E-state index in [2.05, 4.69) is 53.3 Å². The van der Waals surface area contributed by atoms with Crippen molar-refractivity contribution in [3.63, 3.8) is 0 Å². The molecule has 3 saturated carbocycles. The summed E-state index contributed by atoms with van der Waals surface area (Å²) in [5.41, 5.74) is 4.25. The minimum absolute atomic E-state index is 0.447. The predicted octanol–water partition coefficient (Wildman–Crippen LogP) is 6.98. The van der Waals surface area contributed by atoms with Gasteiger partial charge in [-0.15, -0.1) is 0 Å². The molecular formula is C28H46O2. The van der Waals surface area contributed by atoms with Crippen molar-refractivity contribution in [3.05, 3.63) is 35.5 Å². The van der Waals surface area contributed by atoms with Gasteiger partial charge in [0.2, 0.25) is 0 Å². The van der Waals surface area contributed by atoms with Gasteiger partial charge in [-0.1, -0.05) is 77.3 Å². The highest BCUT2D eigenvalue weighted by Crippen LogP contribution is 2.60. The quantitative estimate of drug-likeness (QED) is 0.476. The Kier molecular flexibility index (Phi) is 7.40. The standard InChI is InChI=1S/C28H46O2/c1-19(9-7-15-27(3,4)5)23-13-14-24-22(10-8-16-28(23,24)6)12-11-21-17-25(29)20(2)26(30)18-21/h11-12,19,23-26,29-30H,2,7-10,13-18H2,1,3-6H3/b22-12+/t19-,23+,24-,25+,26+,28+/m0/s1. The van der Waals surface area contributed by atoms with Gasteiger partial charge in [-0.25, -0.2) is 0 Å². The first-order valence-corrected chi connectivity index (χ1v) is 12.4. The number of rotatable bonds is 5. The van der Waals surface area contributed by atoms with Gasteiger partial charge in [0.15, 0.2) is 0 Å². The van der Waals surface area contributed by atoms with E-state index in [0.717, 1.165) is 17.4 Å². The third kappa shape index (κ3) is 5.30. The largest absolute Gasteiger partial charge is 0.388 e. The Bertz CT molecular complexity index is 663. The predicted molar refractivity (Wildman–Crippen MR) is 127 cm³/mol. The van der Waals surface area contributed by atoms with Crippen molar-refractivity contribution in [2.45, 2.75) is 111 Å². The van der Waals surface area contributed by atoms with Crippen LogP contribution in [-0.2, 0) is 0 Å². The number of aliphatic hydroxyl groups is 2. The third-order valence-electron chi connectivity index (χ3n) is 8.61. The number of hydrogen-bond donors (Lipinski definition) is 2. The average Bonchev–Trinajstić information content (AvgIpc) is 3.00. The monoisotopic (exact) mass is 414 g/mol. The molecule has 0 saturated heterocycles. The van der Waals surface area contributed by atoms with Crippen molar-refractivity contribution in [2.24, 2.45) is 28.6 Å². The Morgan fingerprint density at radius 3 is 2.43 bits per heavy atom. The van der Waals surface area contributed by atoms with Crippen molar-refractivity contribution in [2.75, 3.05) is 0 Å². The van der Waals surface area contributed by atoms with E-state index >= 15 is 0 Å². The van der Waals surface area contributed by atoms with Gasteiger partial charge < -0.3 is 10.2 Å². The van der Waals surface area contributed by atoms with Crippen LogP contribution in [0.5, 0.6) is 0 Å². The number of allylic oxidation sites excluding steroid dienone is 3. The molecule has 0 radical (unpaired) electrons. The first-order valence-electron chi connectivity index (χ1n) is 12.4. The number of fused-ring (bicyclic) bond motifs is 1. The number of hydrogen-bond acceptors (Lipinski definition) is 2. The van der Waals surface area contributed by atoms with E-state index in [1.54, 1.807) is 5.57 Å². The van der Waals surface area contributed by atoms with Crippen molar-refractivity contribution in [1.29, 1.82) is 0 Å². The lowest BCUT2D eigenvalue weighted by molar-refractivity contribution is 0.0920. The summed E-state index contributed by atoms with van der Waals surface area (Å²) in [5.74, 6) is 2.38. The van der Waals surface area contributed by atoms with Crippen LogP contribution < -0.4 is 0 Å². The lowest BCUT2D eigenvalue weighted by atomic mass is 9.60. The Morgan fingerprint density at radius 2 is 1.80 bits per heavy atom. The van der Waals surface area contributed by atoms with Gasteiger partial charge in [-0.3, -0.25) is 0 Å². The molecule has 2 N–H and O–H groups in total. The van der Waals surface area contributed by atoms with E-state index in [0.29, 0.717) is 35.2 Å². The Hall–Kier alpha value is -0.860. The zero-order valence-electron chi connectivity index (χ0n) is 20.2. The molecule has 170 valence electrons. The maximum absolute atomic E-state index is 10.1. The smallest absolute Gasteiger partial charge is 0.0809 e. The van der Waals surface area contributed by atoms with Crippen LogP contribution in [0.3, 0.4) is 0 Å². The molecular weight excluding hydrogens is 368 g/mol. The fraction of sp³-hybridized carbons (Fsp3) is 0.786. The molecule has 3 aliphatic carbocycles. The Balaban J connectivity index is 1.67. The third-order valence-corrected chi connectivity index (χ3v) is 8.61. The van der Waals surface area contributed by atoms with Crippen LogP contribution in [0.25, 0.3) is 0 Å². The topological polar surface area (TPSA) is 40.5 Å². The van der Waals surface area contributed by atoms with Gasteiger partial charge in [-0.2, -0.15) is 0 Å². The fourth-order valence-electron chi connectivity index (χ4n) is 6.80. The highest BCUT2D eigenvalue weighted by atomic mass is 16.3. The van der Waals surface area contributed by atoms with E-state index in [1.807, 2.05) is 0 Å². The molecule has 0 aromatic heterocycles. The summed E-state index contributed by atoms with van der Waals surface area (Å²) in [6.45, 7) is 16.0. The molecule has 0 heterocycles. The molecule has 0 aliphatic heterocycles. The zero-order chi connectivity index (χ0) is 22.1. The SMILES string of the molecule is C=C1[C@H](O)CC(=C/C=C2\CCC[C@]3(C)[C@@H]([C@@H](C)CCCC(C)(C)C)CC[C@@H]23)C[C@H]1O. The normalized spacial score (nSPS) is 37.4. The summed E-state index contributed by atoms with van der Waals surface area (Å²) in [6.07, 6.45) is 15.3. The lowest BCUT2D eigenvalue weighted by Gasteiger charge is -2.44. The van der Waals surface area contributed by atoms with Gasteiger partial charge in [-0.05, 0) is 85.5 Å². The zero-order valence-corrected chi connectivity index (χ0v) is 20.2. The highest BCUT2D eigenvalue weighted by Gasteiger charge is 2.50. The average molecular weight is 415 g/mol. The fourth-order valence-corrected chi connectivity index (χ4v) is 6.80. The number of aliphatic hydroxyl groups excluding tert-OH is 2. The molecule has 3 rings (SSSR count). The first-order chi connectivity index (χ1) is 14.0. The van der Waals surface area contributed by atoms with E-state index in [1.165, 1.54) is 51.4 Å². The van der Waals surface area contributed by atoms with Crippen LogP contribution >= 0.6 is 0 Å². The lowest BCUT2D eigenvalue weighted by Crippen LogP contribution is -2.36. The van der Waals surface area contributed by atoms with E-state index in [9.17, 15) is 10.2 Å². The van der Waals surface area contributed by atoms with Crippen LogP contribution in [-0.4, -0.2) is 22.4 Å². The Morgan fingerprint density at radius 1 is 1.13 bits per heavy atom. The van der Waals surface area contributed by atoms with Crippen molar-refractivity contribution < 1.29 is 10.2 Å². The van der Waals surface area contributed by atoms with E-state index in [-0.39, 0.29) is 0 Å². The van der Waals surface area contributed by atoms with Gasteiger partial charge in [0.05, 0.1) is 12.2 Å². The molecule has 0 amide bonds. The summed E-state index contributed by atoms with van der Waals surface area (Å²) in [7, 11) is 0. The summed E-state index contributed by atoms with van der Waals surface area (Å²) >= 11 is 0. The van der Waals surface area contributed by atoms with Gasteiger partial charge in [0.1, 0.15) is 0 Å². The highest BCUT2D eigenvalue weighted by molar-refractivity contribution is 5.29. The summed E-state index contributed by atoms with van der Waals surface area (Å²) in [5, 5.41) is 20.3. The van der Waals surface area contributed by atoms with Crippen LogP contribution in [0.1, 0.15) is 98.8 Å². The molecule has 3 fully saturated rings. The molecule has 0 aromatic rings. The van der Waals surface area contributed by atoms with Gasteiger partial charge in [0, 0.05) is 0 Å². The molecule has 6 atom stereocenters. The second-order valence-electron chi connectivity index (χ2n) is 12.1. The summed E-state index contributed by atoms with van der Waals surface area (Å²) in [4.78, 5) is 0. The maximum atomic E-state index is 10.1. The van der Waals surface area contributed by atoms with Gasteiger partial charge >= 0.3 is 0 Å². The Labute approximate surface area is 185 Å². The van der Waals surface area contributed by atoms with Crippen LogP contribution in [0.4, 0.5) is 0 Å². The molecule has 0 bridgehead atoms. The van der Waals surface area contributed by atoms with Crippen molar-refractivity contribution in [3.8, 4) is 0 Å². The molecule has 0 spiro atoms. The van der Waals surface area contributed by atoms with Crippen LogP contribution in [0.15, 0.2) is 35.5 Å². The molecule has 2 nitrogen and oxygen atoms in total. The minimum Gasteiger partial charge on any atom is -0.388 e. The van der Waals surface area contributed by atoms with E-state index < -0.39 is 12.2 Å². The second kappa shape index (κ2) is 9.33.